The fourth-order valence-electron chi connectivity index (χ4n) is 2.72. The summed E-state index contributed by atoms with van der Waals surface area (Å²) in [6, 6.07) is 8.94. The summed E-state index contributed by atoms with van der Waals surface area (Å²) in [5.74, 6) is -0.901. The highest BCUT2D eigenvalue weighted by Crippen LogP contribution is 2.38. The number of aliphatic imine (C=N–C) groups is 1. The lowest BCUT2D eigenvalue weighted by Gasteiger charge is -2.14. The number of benzene rings is 2. The summed E-state index contributed by atoms with van der Waals surface area (Å²) in [4.78, 5) is 28.0. The van der Waals surface area contributed by atoms with Crippen molar-refractivity contribution >= 4 is 39.8 Å². The summed E-state index contributed by atoms with van der Waals surface area (Å²) in [5, 5.41) is 0. The molecule has 0 bridgehead atoms. The van der Waals surface area contributed by atoms with Crippen molar-refractivity contribution in [2.24, 2.45) is 4.99 Å². The molecule has 7 nitrogen and oxygen atoms in total. The topological polar surface area (TPSA) is 83.4 Å². The van der Waals surface area contributed by atoms with Crippen molar-refractivity contribution in [1.29, 1.82) is 0 Å². The van der Waals surface area contributed by atoms with Gasteiger partial charge in [0.25, 0.3) is 0 Å². The van der Waals surface area contributed by atoms with Crippen LogP contribution >= 0.6 is 15.9 Å². The summed E-state index contributed by atoms with van der Waals surface area (Å²) in [6.07, 6.45) is 1.51. The Morgan fingerprint density at radius 3 is 2.71 bits per heavy atom. The average molecular weight is 492 g/mol. The van der Waals surface area contributed by atoms with Gasteiger partial charge in [0.05, 0.1) is 17.7 Å². The second kappa shape index (κ2) is 10.2. The molecule has 2 aromatic carbocycles. The van der Waals surface area contributed by atoms with Crippen LogP contribution in [-0.4, -0.2) is 37.7 Å². The molecule has 1 heterocycles. The molecule has 31 heavy (non-hydrogen) atoms. The maximum Gasteiger partial charge on any atom is 0.363 e. The van der Waals surface area contributed by atoms with Crippen molar-refractivity contribution in [2.75, 3.05) is 19.8 Å². The van der Waals surface area contributed by atoms with E-state index in [9.17, 15) is 14.0 Å². The fraction of sp³-hybridized carbons (Fsp3) is 0.227. The van der Waals surface area contributed by atoms with E-state index in [1.165, 1.54) is 24.3 Å². The predicted molar refractivity (Wildman–Crippen MR) is 114 cm³/mol. The number of carbonyl (C=O) groups excluding carboxylic acids is 2. The van der Waals surface area contributed by atoms with Gasteiger partial charge in [-0.25, -0.2) is 19.0 Å². The van der Waals surface area contributed by atoms with Crippen LogP contribution < -0.4 is 9.47 Å². The van der Waals surface area contributed by atoms with E-state index in [1.54, 1.807) is 32.0 Å². The minimum Gasteiger partial charge on any atom is -0.490 e. The Hall–Kier alpha value is -3.20. The first-order valence-electron chi connectivity index (χ1n) is 9.44. The minimum absolute atomic E-state index is 0.0224. The number of cyclic esters (lactones) is 1. The number of nitrogens with zero attached hydrogens (tertiary/aromatic N) is 1. The molecule has 0 N–H and O–H groups in total. The highest BCUT2D eigenvalue weighted by Gasteiger charge is 2.25. The summed E-state index contributed by atoms with van der Waals surface area (Å²) in [5.41, 5.74) is 0.986. The Morgan fingerprint density at radius 2 is 2.00 bits per heavy atom. The van der Waals surface area contributed by atoms with Crippen LogP contribution in [0.25, 0.3) is 6.08 Å². The molecular formula is C22H19BrFNO6. The number of hydrogen-bond donors (Lipinski definition) is 0. The Balaban J connectivity index is 1.89. The Kier molecular flexibility index (Phi) is 7.41. The van der Waals surface area contributed by atoms with Gasteiger partial charge >= 0.3 is 11.9 Å². The summed E-state index contributed by atoms with van der Waals surface area (Å²) in [7, 11) is 0. The second-order valence-electron chi connectivity index (χ2n) is 6.20. The average Bonchev–Trinajstić information content (AvgIpc) is 3.08. The second-order valence-corrected chi connectivity index (χ2v) is 7.06. The molecule has 0 saturated heterocycles. The zero-order chi connectivity index (χ0) is 22.4. The lowest BCUT2D eigenvalue weighted by molar-refractivity contribution is -0.145. The van der Waals surface area contributed by atoms with Crippen LogP contribution in [0.5, 0.6) is 11.5 Å². The predicted octanol–water partition coefficient (Wildman–Crippen LogP) is 4.27. The molecule has 0 aliphatic carbocycles. The van der Waals surface area contributed by atoms with Gasteiger partial charge in [-0.3, -0.25) is 0 Å². The van der Waals surface area contributed by atoms with Gasteiger partial charge in [0, 0.05) is 5.56 Å². The Bertz CT molecular complexity index is 1070. The summed E-state index contributed by atoms with van der Waals surface area (Å²) in [6.45, 7) is 3.84. The molecule has 1 aliphatic heterocycles. The zero-order valence-corrected chi connectivity index (χ0v) is 18.4. The van der Waals surface area contributed by atoms with Crippen molar-refractivity contribution in [1.82, 2.24) is 0 Å². The van der Waals surface area contributed by atoms with Crippen molar-refractivity contribution in [2.45, 2.75) is 13.8 Å². The van der Waals surface area contributed by atoms with Gasteiger partial charge in [0.1, 0.15) is 5.82 Å². The summed E-state index contributed by atoms with van der Waals surface area (Å²) >= 11 is 3.40. The Morgan fingerprint density at radius 1 is 1.19 bits per heavy atom. The van der Waals surface area contributed by atoms with Crippen molar-refractivity contribution < 1.29 is 32.9 Å². The maximum atomic E-state index is 13.4. The molecule has 0 unspecified atom stereocenters. The van der Waals surface area contributed by atoms with Crippen LogP contribution in [0.1, 0.15) is 25.0 Å². The van der Waals surface area contributed by atoms with Crippen LogP contribution in [0.3, 0.4) is 0 Å². The highest BCUT2D eigenvalue weighted by molar-refractivity contribution is 9.10. The molecule has 2 aromatic rings. The molecule has 0 spiro atoms. The third kappa shape index (κ3) is 5.69. The largest absolute Gasteiger partial charge is 0.490 e. The monoisotopic (exact) mass is 491 g/mol. The first-order valence-corrected chi connectivity index (χ1v) is 10.2. The van der Waals surface area contributed by atoms with Gasteiger partial charge in [0.15, 0.2) is 23.8 Å². The zero-order valence-electron chi connectivity index (χ0n) is 16.8. The van der Waals surface area contributed by atoms with Gasteiger partial charge in [-0.05, 0) is 71.7 Å². The molecule has 3 rings (SSSR count). The van der Waals surface area contributed by atoms with E-state index in [0.29, 0.717) is 33.7 Å². The van der Waals surface area contributed by atoms with Crippen LogP contribution in [0.4, 0.5) is 4.39 Å². The molecule has 0 radical (unpaired) electrons. The van der Waals surface area contributed by atoms with Crippen molar-refractivity contribution in [3.8, 4) is 11.5 Å². The first kappa shape index (κ1) is 22.5. The molecule has 0 saturated carbocycles. The van der Waals surface area contributed by atoms with E-state index in [4.69, 9.17) is 18.9 Å². The molecule has 162 valence electrons. The number of halogens is 2. The van der Waals surface area contributed by atoms with Crippen LogP contribution in [-0.2, 0) is 19.1 Å². The van der Waals surface area contributed by atoms with Gasteiger partial charge < -0.3 is 18.9 Å². The number of carbonyl (C=O) groups is 2. The third-order valence-electron chi connectivity index (χ3n) is 3.97. The SMILES string of the molecule is CCOC(=O)COc1c(Br)cc(/C=C2\N=C(c3cccc(F)c3)OC2=O)cc1OCC. The number of hydrogen-bond acceptors (Lipinski definition) is 7. The Labute approximate surface area is 186 Å². The molecule has 0 aromatic heterocycles. The number of esters is 2. The van der Waals surface area contributed by atoms with Gasteiger partial charge in [-0.15, -0.1) is 0 Å². The normalized spacial score (nSPS) is 14.3. The standard InChI is InChI=1S/C22H19BrFNO6/c1-3-28-18-10-13(8-16(23)20(18)30-12-19(26)29-4-2)9-17-22(27)31-21(25-17)14-6-5-7-15(24)11-14/h5-11H,3-4,12H2,1-2H3/b17-9-. The third-order valence-corrected chi connectivity index (χ3v) is 4.56. The lowest BCUT2D eigenvalue weighted by Crippen LogP contribution is -2.15. The number of ether oxygens (including phenoxy) is 4. The maximum absolute atomic E-state index is 13.4. The van der Waals surface area contributed by atoms with Crippen LogP contribution in [0, 0.1) is 5.82 Å². The molecule has 0 fully saturated rings. The lowest BCUT2D eigenvalue weighted by atomic mass is 10.1. The minimum atomic E-state index is -0.656. The van der Waals surface area contributed by atoms with E-state index < -0.39 is 17.8 Å². The molecule has 0 atom stereocenters. The first-order chi connectivity index (χ1) is 14.9. The summed E-state index contributed by atoms with van der Waals surface area (Å²) < 4.78 is 35.1. The van der Waals surface area contributed by atoms with Gasteiger partial charge in [-0.1, -0.05) is 6.07 Å². The van der Waals surface area contributed by atoms with Crippen LogP contribution in [0.15, 0.2) is 51.6 Å². The highest BCUT2D eigenvalue weighted by atomic mass is 79.9. The van der Waals surface area contributed by atoms with E-state index in [2.05, 4.69) is 20.9 Å². The molecule has 1 aliphatic rings. The van der Waals surface area contributed by atoms with E-state index >= 15 is 0 Å². The van der Waals surface area contributed by atoms with E-state index in [1.807, 2.05) is 0 Å². The smallest absolute Gasteiger partial charge is 0.363 e. The van der Waals surface area contributed by atoms with Crippen molar-refractivity contribution in [3.63, 3.8) is 0 Å². The quantitative estimate of drug-likeness (QED) is 0.404. The van der Waals surface area contributed by atoms with Crippen molar-refractivity contribution in [3.05, 3.63) is 63.5 Å². The van der Waals surface area contributed by atoms with Gasteiger partial charge in [-0.2, -0.15) is 0 Å². The van der Waals surface area contributed by atoms with E-state index in [-0.39, 0.29) is 24.8 Å². The number of rotatable bonds is 8. The molecule has 0 amide bonds. The molecular weight excluding hydrogens is 473 g/mol. The molecule has 9 heteroatoms. The van der Waals surface area contributed by atoms with E-state index in [0.717, 1.165) is 0 Å². The fourth-order valence-corrected chi connectivity index (χ4v) is 3.29. The van der Waals surface area contributed by atoms with Gasteiger partial charge in [0.2, 0.25) is 5.90 Å². The van der Waals surface area contributed by atoms with Crippen LogP contribution in [0.2, 0.25) is 0 Å².